The van der Waals surface area contributed by atoms with E-state index in [4.69, 9.17) is 14.6 Å². The van der Waals surface area contributed by atoms with Crippen LogP contribution in [-0.4, -0.2) is 40.8 Å². The van der Waals surface area contributed by atoms with Gasteiger partial charge in [-0.25, -0.2) is 4.99 Å². The number of benzene rings is 2. The van der Waals surface area contributed by atoms with Crippen LogP contribution in [0.5, 0.6) is 5.88 Å². The van der Waals surface area contributed by atoms with Crippen molar-refractivity contribution in [1.82, 2.24) is 4.98 Å². The van der Waals surface area contributed by atoms with Crippen LogP contribution in [-0.2, 0) is 9.57 Å². The lowest BCUT2D eigenvalue weighted by Gasteiger charge is -2.04. The van der Waals surface area contributed by atoms with E-state index >= 15 is 0 Å². The number of H-pyrrole nitrogens is 1. The van der Waals surface area contributed by atoms with E-state index in [0.717, 1.165) is 26.6 Å². The third-order valence-corrected chi connectivity index (χ3v) is 4.91. The minimum Gasteiger partial charge on any atom is -0.494 e. The summed E-state index contributed by atoms with van der Waals surface area (Å²) >= 11 is 3.45. The summed E-state index contributed by atoms with van der Waals surface area (Å²) in [5.74, 6) is 0.0582. The number of epoxide rings is 1. The quantitative estimate of drug-likeness (QED) is 0.504. The van der Waals surface area contributed by atoms with Crippen LogP contribution in [0.2, 0.25) is 0 Å². The highest BCUT2D eigenvalue weighted by atomic mass is 79.9. The number of nitrogens with zero attached hydrogens (tertiary/aromatic N) is 2. The number of para-hydroxylation sites is 1. The number of halogens is 1. The highest BCUT2D eigenvalue weighted by Crippen LogP contribution is 2.36. The van der Waals surface area contributed by atoms with Gasteiger partial charge >= 0.3 is 0 Å². The molecule has 130 valence electrons. The number of aliphatic imine (C=N–C) groups is 1. The van der Waals surface area contributed by atoms with Crippen molar-refractivity contribution in [2.24, 2.45) is 10.1 Å². The normalized spacial score (nSPS) is 19.7. The molecule has 1 aromatic heterocycles. The highest BCUT2D eigenvalue weighted by molar-refractivity contribution is 9.10. The molecule has 2 aromatic carbocycles. The van der Waals surface area contributed by atoms with Crippen LogP contribution in [0, 0.1) is 0 Å². The second-order valence-corrected chi connectivity index (χ2v) is 7.12. The molecule has 3 heterocycles. The molecule has 3 aromatic rings. The number of hydrogen-bond acceptors (Lipinski definition) is 5. The number of aromatic nitrogens is 1. The molecule has 0 aliphatic carbocycles. The van der Waals surface area contributed by atoms with Crippen LogP contribution in [0.4, 0.5) is 5.69 Å². The van der Waals surface area contributed by atoms with Crippen LogP contribution in [0.1, 0.15) is 11.1 Å². The first-order valence-electron chi connectivity index (χ1n) is 8.21. The van der Waals surface area contributed by atoms with Crippen LogP contribution in [0.15, 0.2) is 57.1 Å². The Kier molecular flexibility index (Phi) is 3.58. The second-order valence-electron chi connectivity index (χ2n) is 6.21. The fourth-order valence-corrected chi connectivity index (χ4v) is 3.44. The molecule has 0 bridgehead atoms. The average molecular weight is 412 g/mol. The largest absolute Gasteiger partial charge is 0.494 e. The molecular formula is C19H14BrN3O3. The highest BCUT2D eigenvalue weighted by Gasteiger charge is 2.30. The van der Waals surface area contributed by atoms with Gasteiger partial charge in [-0.2, -0.15) is 0 Å². The molecule has 0 radical (unpaired) electrons. The van der Waals surface area contributed by atoms with Gasteiger partial charge in [0.1, 0.15) is 24.1 Å². The molecule has 6 nitrogen and oxygen atoms in total. The molecule has 2 aliphatic heterocycles. The van der Waals surface area contributed by atoms with E-state index in [9.17, 15) is 5.11 Å². The summed E-state index contributed by atoms with van der Waals surface area (Å²) in [4.78, 5) is 13.2. The number of ether oxygens (including phenoxy) is 1. The van der Waals surface area contributed by atoms with Gasteiger partial charge in [0.25, 0.3) is 0 Å². The fourth-order valence-electron chi connectivity index (χ4n) is 3.08. The van der Waals surface area contributed by atoms with E-state index in [1.165, 1.54) is 0 Å². The van der Waals surface area contributed by atoms with Gasteiger partial charge in [-0.05, 0) is 18.2 Å². The number of fused-ring (bicyclic) bond motifs is 2. The average Bonchev–Trinajstić information content (AvgIpc) is 3.30. The van der Waals surface area contributed by atoms with E-state index < -0.39 is 0 Å². The van der Waals surface area contributed by atoms with Gasteiger partial charge in [-0.15, -0.1) is 0 Å². The Morgan fingerprint density at radius 2 is 2.15 bits per heavy atom. The molecule has 0 saturated carbocycles. The standard InChI is InChI=1S/C19H14BrN3O3/c20-10-5-6-12-15(7-10)22-19(24)16(12)18-17(23-26-9-11-8-25-11)13-3-1-2-4-14(13)21-18/h1-7,11,22,24H,8-9H2/b23-17+. The van der Waals surface area contributed by atoms with E-state index in [2.05, 4.69) is 26.1 Å². The zero-order valence-corrected chi connectivity index (χ0v) is 15.2. The zero-order chi connectivity index (χ0) is 17.7. The van der Waals surface area contributed by atoms with Crippen LogP contribution >= 0.6 is 15.9 Å². The van der Waals surface area contributed by atoms with Crippen molar-refractivity contribution < 1.29 is 14.7 Å². The predicted molar refractivity (Wildman–Crippen MR) is 103 cm³/mol. The van der Waals surface area contributed by atoms with E-state index in [1.54, 1.807) is 0 Å². The molecule has 26 heavy (non-hydrogen) atoms. The lowest BCUT2D eigenvalue weighted by atomic mass is 10.0. The third kappa shape index (κ3) is 2.60. The van der Waals surface area contributed by atoms with Gasteiger partial charge in [0, 0.05) is 15.4 Å². The number of rotatable bonds is 4. The topological polar surface area (TPSA) is 82.5 Å². The number of aromatic hydroxyl groups is 1. The summed E-state index contributed by atoms with van der Waals surface area (Å²) in [6, 6.07) is 13.5. The molecule has 5 rings (SSSR count). The van der Waals surface area contributed by atoms with Gasteiger partial charge in [0.15, 0.2) is 5.88 Å². The van der Waals surface area contributed by atoms with Gasteiger partial charge in [-0.1, -0.05) is 45.4 Å². The Labute approximate surface area is 157 Å². The van der Waals surface area contributed by atoms with E-state index in [0.29, 0.717) is 30.2 Å². The first kappa shape index (κ1) is 15.6. The zero-order valence-electron chi connectivity index (χ0n) is 13.6. The van der Waals surface area contributed by atoms with Crippen molar-refractivity contribution in [3.05, 3.63) is 58.1 Å². The number of hydrogen-bond donors (Lipinski definition) is 2. The Balaban J connectivity index is 1.64. The van der Waals surface area contributed by atoms with Crippen LogP contribution in [0.25, 0.3) is 10.9 Å². The number of nitrogens with one attached hydrogen (secondary N) is 1. The summed E-state index contributed by atoms with van der Waals surface area (Å²) in [5.41, 5.74) is 4.32. The van der Waals surface area contributed by atoms with Crippen molar-refractivity contribution in [1.29, 1.82) is 0 Å². The van der Waals surface area contributed by atoms with Crippen LogP contribution < -0.4 is 0 Å². The van der Waals surface area contributed by atoms with Gasteiger partial charge in [0.05, 0.1) is 23.4 Å². The lowest BCUT2D eigenvalue weighted by Crippen LogP contribution is -2.14. The van der Waals surface area contributed by atoms with Gasteiger partial charge < -0.3 is 19.7 Å². The van der Waals surface area contributed by atoms with Gasteiger partial charge in [-0.3, -0.25) is 0 Å². The maximum absolute atomic E-state index is 10.5. The molecular weight excluding hydrogens is 398 g/mol. The molecule has 0 spiro atoms. The SMILES string of the molecule is Oc1[nH]c2cc(Br)ccc2c1C1=Nc2ccccc2/C1=N\OCC1CO1. The summed E-state index contributed by atoms with van der Waals surface area (Å²) in [7, 11) is 0. The van der Waals surface area contributed by atoms with Crippen molar-refractivity contribution in [2.75, 3.05) is 13.2 Å². The van der Waals surface area contributed by atoms with Crippen LogP contribution in [0.3, 0.4) is 0 Å². The number of oxime groups is 1. The molecule has 1 atom stereocenters. The summed E-state index contributed by atoms with van der Waals surface area (Å²) < 4.78 is 6.08. The minimum atomic E-state index is 0.0582. The monoisotopic (exact) mass is 411 g/mol. The van der Waals surface area contributed by atoms with E-state index in [-0.39, 0.29) is 12.0 Å². The molecule has 1 fully saturated rings. The molecule has 2 aliphatic rings. The Hall–Kier alpha value is -2.64. The molecule has 2 N–H and O–H groups in total. The maximum atomic E-state index is 10.5. The maximum Gasteiger partial charge on any atom is 0.199 e. The summed E-state index contributed by atoms with van der Waals surface area (Å²) in [5, 5.41) is 15.7. The summed E-state index contributed by atoms with van der Waals surface area (Å²) in [6.07, 6.45) is 0.121. The predicted octanol–water partition coefficient (Wildman–Crippen LogP) is 3.89. The lowest BCUT2D eigenvalue weighted by molar-refractivity contribution is 0.125. The smallest absolute Gasteiger partial charge is 0.199 e. The Morgan fingerprint density at radius 3 is 3.00 bits per heavy atom. The number of aromatic amines is 1. The Bertz CT molecular complexity index is 1080. The Morgan fingerprint density at radius 1 is 1.31 bits per heavy atom. The van der Waals surface area contributed by atoms with Crippen molar-refractivity contribution in [2.45, 2.75) is 6.10 Å². The molecule has 1 saturated heterocycles. The first-order chi connectivity index (χ1) is 12.7. The van der Waals surface area contributed by atoms with Crippen molar-refractivity contribution in [3.8, 4) is 5.88 Å². The van der Waals surface area contributed by atoms with Crippen molar-refractivity contribution >= 4 is 43.9 Å². The van der Waals surface area contributed by atoms with Crippen molar-refractivity contribution in [3.63, 3.8) is 0 Å². The first-order valence-corrected chi connectivity index (χ1v) is 9.00. The fraction of sp³-hybridized carbons (Fsp3) is 0.158. The second kappa shape index (κ2) is 5.96. The minimum absolute atomic E-state index is 0.0582. The summed E-state index contributed by atoms with van der Waals surface area (Å²) in [6.45, 7) is 1.12. The molecule has 0 amide bonds. The van der Waals surface area contributed by atoms with Gasteiger partial charge in [0.2, 0.25) is 0 Å². The molecule has 1 unspecified atom stereocenters. The molecule has 7 heteroatoms. The third-order valence-electron chi connectivity index (χ3n) is 4.41. The van der Waals surface area contributed by atoms with E-state index in [1.807, 2.05) is 42.5 Å².